The van der Waals surface area contributed by atoms with E-state index in [9.17, 15) is 4.79 Å². The molecule has 2 heterocycles. The van der Waals surface area contributed by atoms with Crippen molar-refractivity contribution in [1.29, 1.82) is 0 Å². The van der Waals surface area contributed by atoms with Crippen LogP contribution in [0.4, 0.5) is 0 Å². The Balaban J connectivity index is 2.06. The van der Waals surface area contributed by atoms with Crippen molar-refractivity contribution in [3.8, 4) is 0 Å². The van der Waals surface area contributed by atoms with E-state index in [1.54, 1.807) is 0 Å². The number of nitrogens with one attached hydrogen (secondary N) is 1. The first-order valence-electron chi connectivity index (χ1n) is 6.19. The number of aromatic nitrogens is 1. The van der Waals surface area contributed by atoms with Crippen LogP contribution in [0.3, 0.4) is 0 Å². The largest absolute Gasteiger partial charge is 0.351 e. The number of carbonyl (C=O) groups is 1. The lowest BCUT2D eigenvalue weighted by Gasteiger charge is -2.26. The highest BCUT2D eigenvalue weighted by molar-refractivity contribution is 5.99. The lowest BCUT2D eigenvalue weighted by molar-refractivity contribution is 0.0921. The molecule has 0 amide bonds. The number of ketones is 1. The number of nitrogens with zero attached hydrogens (tertiary/aromatic N) is 2. The second-order valence-corrected chi connectivity index (χ2v) is 4.79. The van der Waals surface area contributed by atoms with Crippen LogP contribution in [0.2, 0.25) is 0 Å². The Morgan fingerprint density at radius 3 is 2.53 bits per heavy atom. The van der Waals surface area contributed by atoms with Gasteiger partial charge in [-0.1, -0.05) is 0 Å². The van der Waals surface area contributed by atoms with Gasteiger partial charge in [0.05, 0.1) is 6.54 Å². The Kier molecular flexibility index (Phi) is 3.64. The van der Waals surface area contributed by atoms with Crippen LogP contribution >= 0.6 is 0 Å². The van der Waals surface area contributed by atoms with E-state index >= 15 is 0 Å². The average molecular weight is 235 g/mol. The second kappa shape index (κ2) is 5.02. The summed E-state index contributed by atoms with van der Waals surface area (Å²) in [5.74, 6) is 0.244. The minimum absolute atomic E-state index is 0.244. The highest BCUT2D eigenvalue weighted by Crippen LogP contribution is 2.14. The number of Topliss-reactive ketones (excluding diaryl/α,β-unsaturated/α-hetero) is 1. The van der Waals surface area contributed by atoms with Gasteiger partial charge in [-0.05, 0) is 19.9 Å². The van der Waals surface area contributed by atoms with Crippen LogP contribution in [0.15, 0.2) is 6.07 Å². The smallest absolute Gasteiger partial charge is 0.178 e. The summed E-state index contributed by atoms with van der Waals surface area (Å²) in [7, 11) is 2.01. The van der Waals surface area contributed by atoms with Gasteiger partial charge < -0.3 is 9.88 Å². The summed E-state index contributed by atoms with van der Waals surface area (Å²) in [5.41, 5.74) is 3.09. The topological polar surface area (TPSA) is 37.3 Å². The maximum atomic E-state index is 12.2. The number of hydrogen-bond donors (Lipinski definition) is 1. The van der Waals surface area contributed by atoms with E-state index in [2.05, 4.69) is 14.8 Å². The van der Waals surface area contributed by atoms with E-state index < -0.39 is 0 Å². The summed E-state index contributed by atoms with van der Waals surface area (Å²) in [6.07, 6.45) is 0. The van der Waals surface area contributed by atoms with Gasteiger partial charge in [0.1, 0.15) is 0 Å². The lowest BCUT2D eigenvalue weighted by Crippen LogP contribution is -2.45. The molecule has 1 N–H and O–H groups in total. The summed E-state index contributed by atoms with van der Waals surface area (Å²) in [5, 5.41) is 3.30. The van der Waals surface area contributed by atoms with Gasteiger partial charge in [-0.15, -0.1) is 0 Å². The lowest BCUT2D eigenvalue weighted by atomic mass is 10.1. The van der Waals surface area contributed by atoms with Gasteiger partial charge in [-0.25, -0.2) is 0 Å². The fourth-order valence-corrected chi connectivity index (χ4v) is 2.30. The van der Waals surface area contributed by atoms with Crippen LogP contribution in [0.25, 0.3) is 0 Å². The molecule has 1 aliphatic rings. The van der Waals surface area contributed by atoms with E-state index in [0.717, 1.165) is 43.1 Å². The summed E-state index contributed by atoms with van der Waals surface area (Å²) in [6.45, 7) is 8.51. The first kappa shape index (κ1) is 12.3. The van der Waals surface area contributed by atoms with Gasteiger partial charge in [-0.2, -0.15) is 0 Å². The monoisotopic (exact) mass is 235 g/mol. The summed E-state index contributed by atoms with van der Waals surface area (Å²) >= 11 is 0. The van der Waals surface area contributed by atoms with Crippen molar-refractivity contribution in [3.05, 3.63) is 23.0 Å². The fourth-order valence-electron chi connectivity index (χ4n) is 2.30. The van der Waals surface area contributed by atoms with Crippen LogP contribution in [0.1, 0.15) is 21.7 Å². The molecule has 0 spiro atoms. The standard InChI is InChI=1S/C13H21N3O/c1-10-8-12(11(2)15(10)3)13(17)9-16-6-4-14-5-7-16/h8,14H,4-7,9H2,1-3H3. The van der Waals surface area contributed by atoms with E-state index in [4.69, 9.17) is 0 Å². The molecule has 4 nitrogen and oxygen atoms in total. The Morgan fingerprint density at radius 1 is 1.35 bits per heavy atom. The third kappa shape index (κ3) is 2.58. The maximum Gasteiger partial charge on any atom is 0.178 e. The van der Waals surface area contributed by atoms with Crippen molar-refractivity contribution in [1.82, 2.24) is 14.8 Å². The predicted molar refractivity (Wildman–Crippen MR) is 68.5 cm³/mol. The predicted octanol–water partition coefficient (Wildman–Crippen LogP) is 0.730. The molecule has 1 saturated heterocycles. The zero-order valence-corrected chi connectivity index (χ0v) is 10.9. The summed E-state index contributed by atoms with van der Waals surface area (Å²) in [6, 6.07) is 2.00. The van der Waals surface area contributed by atoms with Crippen molar-refractivity contribution in [2.75, 3.05) is 32.7 Å². The average Bonchev–Trinajstić information content (AvgIpc) is 2.58. The number of aryl methyl sites for hydroxylation is 1. The third-order valence-corrected chi connectivity index (χ3v) is 3.65. The number of hydrogen-bond acceptors (Lipinski definition) is 3. The normalized spacial score (nSPS) is 17.4. The summed E-state index contributed by atoms with van der Waals surface area (Å²) in [4.78, 5) is 14.4. The van der Waals surface area contributed by atoms with Crippen molar-refractivity contribution >= 4 is 5.78 Å². The van der Waals surface area contributed by atoms with Gasteiger partial charge in [0, 0.05) is 50.2 Å². The van der Waals surface area contributed by atoms with Crippen molar-refractivity contribution < 1.29 is 4.79 Å². The van der Waals surface area contributed by atoms with Gasteiger partial charge in [-0.3, -0.25) is 9.69 Å². The van der Waals surface area contributed by atoms with Crippen molar-refractivity contribution in [3.63, 3.8) is 0 Å². The summed E-state index contributed by atoms with van der Waals surface area (Å²) < 4.78 is 2.07. The third-order valence-electron chi connectivity index (χ3n) is 3.65. The molecule has 1 aromatic rings. The molecule has 1 aromatic heterocycles. The Bertz CT molecular complexity index is 417. The Morgan fingerprint density at radius 2 is 2.00 bits per heavy atom. The van der Waals surface area contributed by atoms with Crippen LogP contribution in [0, 0.1) is 13.8 Å². The molecule has 0 aromatic carbocycles. The molecule has 0 atom stereocenters. The molecule has 2 rings (SSSR count). The van der Waals surface area contributed by atoms with Crippen molar-refractivity contribution in [2.24, 2.45) is 7.05 Å². The molecule has 1 fully saturated rings. The highest BCUT2D eigenvalue weighted by atomic mass is 16.1. The minimum Gasteiger partial charge on any atom is -0.351 e. The molecule has 0 aliphatic carbocycles. The van der Waals surface area contributed by atoms with Gasteiger partial charge in [0.15, 0.2) is 5.78 Å². The molecule has 0 bridgehead atoms. The van der Waals surface area contributed by atoms with E-state index in [0.29, 0.717) is 6.54 Å². The number of rotatable bonds is 3. The molecule has 1 aliphatic heterocycles. The van der Waals surface area contributed by atoms with Gasteiger partial charge in [0.2, 0.25) is 0 Å². The number of piperazine rings is 1. The molecule has 0 radical (unpaired) electrons. The molecular formula is C13H21N3O. The van der Waals surface area contributed by atoms with Gasteiger partial charge >= 0.3 is 0 Å². The second-order valence-electron chi connectivity index (χ2n) is 4.79. The minimum atomic E-state index is 0.244. The number of carbonyl (C=O) groups excluding carboxylic acids is 1. The SMILES string of the molecule is Cc1cc(C(=O)CN2CCNCC2)c(C)n1C. The maximum absolute atomic E-state index is 12.2. The van der Waals surface area contributed by atoms with Crippen LogP contribution in [0.5, 0.6) is 0 Å². The molecule has 17 heavy (non-hydrogen) atoms. The van der Waals surface area contributed by atoms with Crippen LogP contribution < -0.4 is 5.32 Å². The van der Waals surface area contributed by atoms with E-state index in [1.807, 2.05) is 27.0 Å². The van der Waals surface area contributed by atoms with Crippen LogP contribution in [-0.4, -0.2) is 48.0 Å². The molecule has 94 valence electrons. The highest BCUT2D eigenvalue weighted by Gasteiger charge is 2.18. The molecule has 4 heteroatoms. The van der Waals surface area contributed by atoms with Gasteiger partial charge in [0.25, 0.3) is 0 Å². The van der Waals surface area contributed by atoms with Crippen molar-refractivity contribution in [2.45, 2.75) is 13.8 Å². The Labute approximate surface area is 103 Å². The molecular weight excluding hydrogens is 214 g/mol. The Hall–Kier alpha value is -1.13. The zero-order valence-electron chi connectivity index (χ0n) is 10.9. The van der Waals surface area contributed by atoms with E-state index in [-0.39, 0.29) is 5.78 Å². The quantitative estimate of drug-likeness (QED) is 0.785. The molecule has 0 unspecified atom stereocenters. The fraction of sp³-hybridized carbons (Fsp3) is 0.615. The first-order chi connectivity index (χ1) is 8.09. The van der Waals surface area contributed by atoms with Crippen LogP contribution in [-0.2, 0) is 7.05 Å². The van der Waals surface area contributed by atoms with E-state index in [1.165, 1.54) is 0 Å². The zero-order chi connectivity index (χ0) is 12.4. The first-order valence-corrected chi connectivity index (χ1v) is 6.19. The molecule has 0 saturated carbocycles.